The van der Waals surface area contributed by atoms with Gasteiger partial charge in [0.15, 0.2) is 6.54 Å². The van der Waals surface area contributed by atoms with Crippen molar-refractivity contribution in [3.05, 3.63) is 65.7 Å². The number of hydrogen-bond donors (Lipinski definition) is 2. The van der Waals surface area contributed by atoms with Crippen LogP contribution in [-0.4, -0.2) is 19.5 Å². The number of carbonyl (C=O) groups is 1. The van der Waals surface area contributed by atoms with Crippen molar-refractivity contribution >= 4 is 11.6 Å². The number of benzene rings is 2. The quantitative estimate of drug-likeness (QED) is 0.862. The van der Waals surface area contributed by atoms with Gasteiger partial charge < -0.3 is 10.2 Å². The molecule has 110 valence electrons. The number of anilines is 1. The van der Waals surface area contributed by atoms with Gasteiger partial charge in [-0.15, -0.1) is 0 Å². The number of halogens is 2. The minimum atomic E-state index is -0.648. The van der Waals surface area contributed by atoms with Crippen molar-refractivity contribution in [2.45, 2.75) is 6.54 Å². The van der Waals surface area contributed by atoms with Crippen molar-refractivity contribution in [3.63, 3.8) is 0 Å². The monoisotopic (exact) mass is 291 g/mol. The van der Waals surface area contributed by atoms with E-state index in [1.807, 2.05) is 37.4 Å². The van der Waals surface area contributed by atoms with E-state index in [-0.39, 0.29) is 18.1 Å². The van der Waals surface area contributed by atoms with Crippen molar-refractivity contribution in [3.8, 4) is 0 Å². The first kappa shape index (κ1) is 15.1. The van der Waals surface area contributed by atoms with Gasteiger partial charge in [-0.2, -0.15) is 0 Å². The summed E-state index contributed by atoms with van der Waals surface area (Å²) < 4.78 is 26.5. The molecule has 0 bridgehead atoms. The van der Waals surface area contributed by atoms with Crippen molar-refractivity contribution < 1.29 is 18.5 Å². The maximum absolute atomic E-state index is 13.4. The number of quaternary nitrogens is 1. The molecule has 2 rings (SSSR count). The van der Waals surface area contributed by atoms with Crippen LogP contribution >= 0.6 is 0 Å². The lowest BCUT2D eigenvalue weighted by atomic mass is 10.2. The van der Waals surface area contributed by atoms with Crippen LogP contribution in [-0.2, 0) is 11.3 Å². The normalized spacial score (nSPS) is 12.0. The highest BCUT2D eigenvalue weighted by Crippen LogP contribution is 2.14. The van der Waals surface area contributed by atoms with Gasteiger partial charge in [0.25, 0.3) is 5.91 Å². The first-order chi connectivity index (χ1) is 10.0. The van der Waals surface area contributed by atoms with E-state index in [0.29, 0.717) is 6.54 Å². The summed E-state index contributed by atoms with van der Waals surface area (Å²) in [5, 5.41) is 2.39. The molecule has 0 aliphatic carbocycles. The lowest BCUT2D eigenvalue weighted by Crippen LogP contribution is -3.08. The second-order valence-corrected chi connectivity index (χ2v) is 4.97. The van der Waals surface area contributed by atoms with Crippen LogP contribution in [0.2, 0.25) is 0 Å². The van der Waals surface area contributed by atoms with Crippen LogP contribution < -0.4 is 10.2 Å². The number of amides is 1. The summed E-state index contributed by atoms with van der Waals surface area (Å²) in [6, 6.07) is 12.7. The highest BCUT2D eigenvalue weighted by Gasteiger charge is 2.13. The third kappa shape index (κ3) is 4.65. The minimum absolute atomic E-state index is 0.132. The predicted octanol–water partition coefficient (Wildman–Crippen LogP) is 1.62. The van der Waals surface area contributed by atoms with Crippen LogP contribution in [0, 0.1) is 11.6 Å². The van der Waals surface area contributed by atoms with E-state index in [4.69, 9.17) is 0 Å². The van der Waals surface area contributed by atoms with Gasteiger partial charge in [-0.25, -0.2) is 8.78 Å². The van der Waals surface area contributed by atoms with Crippen molar-refractivity contribution in [2.75, 3.05) is 18.9 Å². The van der Waals surface area contributed by atoms with Crippen molar-refractivity contribution in [2.24, 2.45) is 0 Å². The van der Waals surface area contributed by atoms with Gasteiger partial charge in [0.05, 0.1) is 12.7 Å². The lowest BCUT2D eigenvalue weighted by molar-refractivity contribution is -0.885. The van der Waals surface area contributed by atoms with E-state index in [0.717, 1.165) is 28.7 Å². The van der Waals surface area contributed by atoms with Gasteiger partial charge in [-0.1, -0.05) is 30.3 Å². The van der Waals surface area contributed by atoms with Gasteiger partial charge in [0, 0.05) is 11.6 Å². The van der Waals surface area contributed by atoms with Gasteiger partial charge in [0.2, 0.25) is 0 Å². The van der Waals surface area contributed by atoms with E-state index in [1.165, 1.54) is 0 Å². The maximum Gasteiger partial charge on any atom is 0.279 e. The Morgan fingerprint density at radius 3 is 2.57 bits per heavy atom. The molecule has 0 aliphatic rings. The standard InChI is InChI=1S/C16H16F2N2O/c1-20(10-12-5-3-2-4-6-12)11-16(21)19-15-9-13(17)7-8-14(15)18/h2-9H,10-11H2,1H3,(H,19,21)/p+1. The summed E-state index contributed by atoms with van der Waals surface area (Å²) in [4.78, 5) is 12.8. The topological polar surface area (TPSA) is 33.5 Å². The van der Waals surface area contributed by atoms with Gasteiger partial charge in [-0.05, 0) is 12.1 Å². The molecule has 0 saturated carbocycles. The molecule has 0 fully saturated rings. The summed E-state index contributed by atoms with van der Waals surface area (Å²) in [6.07, 6.45) is 0. The largest absolute Gasteiger partial charge is 0.326 e. The number of nitrogens with one attached hydrogen (secondary N) is 2. The molecule has 5 heteroatoms. The molecule has 0 saturated heterocycles. The van der Waals surface area contributed by atoms with E-state index >= 15 is 0 Å². The van der Waals surface area contributed by atoms with Crippen molar-refractivity contribution in [1.82, 2.24) is 0 Å². The second-order valence-electron chi connectivity index (χ2n) is 4.97. The summed E-state index contributed by atoms with van der Waals surface area (Å²) in [7, 11) is 1.87. The fraction of sp³-hybridized carbons (Fsp3) is 0.188. The predicted molar refractivity (Wildman–Crippen MR) is 76.9 cm³/mol. The minimum Gasteiger partial charge on any atom is -0.326 e. The SMILES string of the molecule is C[NH+](CC(=O)Nc1cc(F)ccc1F)Cc1ccccc1. The first-order valence-corrected chi connectivity index (χ1v) is 6.65. The van der Waals surface area contributed by atoms with Crippen LogP contribution in [0.3, 0.4) is 0 Å². The zero-order chi connectivity index (χ0) is 15.2. The van der Waals surface area contributed by atoms with Crippen LogP contribution in [0.1, 0.15) is 5.56 Å². The average Bonchev–Trinajstić information content (AvgIpc) is 2.43. The Labute approximate surface area is 122 Å². The molecule has 0 aromatic heterocycles. The number of hydrogen-bond acceptors (Lipinski definition) is 1. The highest BCUT2D eigenvalue weighted by atomic mass is 19.1. The molecule has 0 aliphatic heterocycles. The Morgan fingerprint density at radius 1 is 1.14 bits per heavy atom. The fourth-order valence-electron chi connectivity index (χ4n) is 2.07. The summed E-state index contributed by atoms with van der Waals surface area (Å²) in [6.45, 7) is 0.852. The molecular weight excluding hydrogens is 274 g/mol. The van der Waals surface area contributed by atoms with Crippen LogP contribution in [0.5, 0.6) is 0 Å². The molecule has 0 radical (unpaired) electrons. The average molecular weight is 291 g/mol. The lowest BCUT2D eigenvalue weighted by Gasteiger charge is -2.14. The molecule has 0 spiro atoms. The van der Waals surface area contributed by atoms with Crippen LogP contribution in [0.4, 0.5) is 14.5 Å². The van der Waals surface area contributed by atoms with Gasteiger partial charge in [0.1, 0.15) is 18.2 Å². The molecule has 2 N–H and O–H groups in total. The molecule has 1 atom stereocenters. The molecule has 2 aromatic rings. The Bertz CT molecular complexity index is 617. The zero-order valence-corrected chi connectivity index (χ0v) is 11.7. The third-order valence-corrected chi connectivity index (χ3v) is 3.01. The molecule has 2 aromatic carbocycles. The fourth-order valence-corrected chi connectivity index (χ4v) is 2.07. The summed E-state index contributed by atoms with van der Waals surface area (Å²) >= 11 is 0. The highest BCUT2D eigenvalue weighted by molar-refractivity contribution is 5.91. The Balaban J connectivity index is 1.91. The Kier molecular flexibility index (Phi) is 5.00. The van der Waals surface area contributed by atoms with Crippen molar-refractivity contribution in [1.29, 1.82) is 0 Å². The van der Waals surface area contributed by atoms with Gasteiger partial charge in [-0.3, -0.25) is 4.79 Å². The first-order valence-electron chi connectivity index (χ1n) is 6.65. The van der Waals surface area contributed by atoms with E-state index in [2.05, 4.69) is 5.32 Å². The van der Waals surface area contributed by atoms with Crippen LogP contribution in [0.25, 0.3) is 0 Å². The third-order valence-electron chi connectivity index (χ3n) is 3.01. The molecular formula is C16H17F2N2O+. The van der Waals surface area contributed by atoms with E-state index in [9.17, 15) is 13.6 Å². The maximum atomic E-state index is 13.4. The van der Waals surface area contributed by atoms with E-state index < -0.39 is 11.6 Å². The smallest absolute Gasteiger partial charge is 0.279 e. The molecule has 1 unspecified atom stereocenters. The Morgan fingerprint density at radius 2 is 1.86 bits per heavy atom. The number of carbonyl (C=O) groups excluding carboxylic acids is 1. The van der Waals surface area contributed by atoms with Crippen LogP contribution in [0.15, 0.2) is 48.5 Å². The zero-order valence-electron chi connectivity index (χ0n) is 11.7. The molecule has 3 nitrogen and oxygen atoms in total. The molecule has 0 heterocycles. The van der Waals surface area contributed by atoms with E-state index in [1.54, 1.807) is 0 Å². The number of likely N-dealkylation sites (N-methyl/N-ethyl adjacent to an activating group) is 1. The summed E-state index contributed by atoms with van der Waals surface area (Å²) in [5.41, 5.74) is 0.979. The summed E-state index contributed by atoms with van der Waals surface area (Å²) in [5.74, 6) is -1.59. The molecule has 1 amide bonds. The molecule has 21 heavy (non-hydrogen) atoms. The second kappa shape index (κ2) is 6.95. The number of rotatable bonds is 5. The Hall–Kier alpha value is -2.27. The van der Waals surface area contributed by atoms with Gasteiger partial charge >= 0.3 is 0 Å².